The van der Waals surface area contributed by atoms with Gasteiger partial charge in [-0.05, 0) is 30.2 Å². The fourth-order valence-corrected chi connectivity index (χ4v) is 2.24. The highest BCUT2D eigenvalue weighted by atomic mass is 32.1. The van der Waals surface area contributed by atoms with E-state index in [9.17, 15) is 9.59 Å². The van der Waals surface area contributed by atoms with Gasteiger partial charge in [0.05, 0.1) is 4.88 Å². The van der Waals surface area contributed by atoms with E-state index in [1.165, 1.54) is 11.3 Å². The summed E-state index contributed by atoms with van der Waals surface area (Å²) in [7, 11) is 0. The Morgan fingerprint density at radius 3 is 2.70 bits per heavy atom. The summed E-state index contributed by atoms with van der Waals surface area (Å²) in [6.07, 6.45) is 0.614. The van der Waals surface area contributed by atoms with Crippen LogP contribution in [0, 0.1) is 5.41 Å². The summed E-state index contributed by atoms with van der Waals surface area (Å²) in [6, 6.07) is 2.92. The minimum absolute atomic E-state index is 0.0908. The van der Waals surface area contributed by atoms with Gasteiger partial charge in [-0.15, -0.1) is 11.3 Å². The second kappa shape index (κ2) is 7.40. The molecular formula is C14H22N2O3S. The molecule has 1 aromatic rings. The zero-order chi connectivity index (χ0) is 15.2. The van der Waals surface area contributed by atoms with Crippen LogP contribution in [0.25, 0.3) is 0 Å². The standard InChI is InChI=1S/C14H22N2O3S/c1-10(16-13(19)11-5-4-8-20-11)12(18)15-9-14(2,3)6-7-17/h4-5,8,10,17H,6-7,9H2,1-3H3,(H,15,18)(H,16,19). The molecule has 2 amide bonds. The fraction of sp³-hybridized carbons (Fsp3) is 0.571. The average molecular weight is 298 g/mol. The monoisotopic (exact) mass is 298 g/mol. The Labute approximate surface area is 123 Å². The van der Waals surface area contributed by atoms with Crippen LogP contribution in [0.1, 0.15) is 36.9 Å². The van der Waals surface area contributed by atoms with Gasteiger partial charge in [0.2, 0.25) is 5.91 Å². The number of hydrogen-bond acceptors (Lipinski definition) is 4. The smallest absolute Gasteiger partial charge is 0.261 e. The van der Waals surface area contributed by atoms with Crippen LogP contribution in [0.5, 0.6) is 0 Å². The zero-order valence-electron chi connectivity index (χ0n) is 12.1. The van der Waals surface area contributed by atoms with Gasteiger partial charge >= 0.3 is 0 Å². The Bertz CT molecular complexity index is 443. The molecule has 3 N–H and O–H groups in total. The molecule has 0 bridgehead atoms. The summed E-state index contributed by atoms with van der Waals surface area (Å²) in [5, 5.41) is 16.2. The van der Waals surface area contributed by atoms with E-state index < -0.39 is 6.04 Å². The van der Waals surface area contributed by atoms with Crippen molar-refractivity contribution in [1.82, 2.24) is 10.6 Å². The Morgan fingerprint density at radius 2 is 2.15 bits per heavy atom. The van der Waals surface area contributed by atoms with Crippen molar-refractivity contribution in [3.8, 4) is 0 Å². The van der Waals surface area contributed by atoms with E-state index in [1.54, 1.807) is 19.1 Å². The maximum atomic E-state index is 11.9. The average Bonchev–Trinajstić information content (AvgIpc) is 2.89. The van der Waals surface area contributed by atoms with Crippen molar-refractivity contribution in [2.75, 3.05) is 13.2 Å². The largest absolute Gasteiger partial charge is 0.396 e. The van der Waals surface area contributed by atoms with Crippen molar-refractivity contribution in [3.63, 3.8) is 0 Å². The number of aliphatic hydroxyl groups is 1. The van der Waals surface area contributed by atoms with Crippen molar-refractivity contribution in [2.45, 2.75) is 33.2 Å². The molecule has 0 aliphatic heterocycles. The number of nitrogens with one attached hydrogen (secondary N) is 2. The molecule has 6 heteroatoms. The van der Waals surface area contributed by atoms with Crippen molar-refractivity contribution >= 4 is 23.2 Å². The lowest BCUT2D eigenvalue weighted by Gasteiger charge is -2.25. The van der Waals surface area contributed by atoms with Crippen molar-refractivity contribution in [2.24, 2.45) is 5.41 Å². The molecule has 0 aliphatic carbocycles. The quantitative estimate of drug-likeness (QED) is 0.712. The Kier molecular flexibility index (Phi) is 6.16. The molecule has 0 spiro atoms. The maximum Gasteiger partial charge on any atom is 0.261 e. The second-order valence-corrected chi connectivity index (χ2v) is 6.48. The zero-order valence-corrected chi connectivity index (χ0v) is 12.9. The molecule has 20 heavy (non-hydrogen) atoms. The van der Waals surface area contributed by atoms with Crippen LogP contribution in [0.4, 0.5) is 0 Å². The minimum atomic E-state index is -0.588. The van der Waals surface area contributed by atoms with Crippen molar-refractivity contribution in [1.29, 1.82) is 0 Å². The molecule has 112 valence electrons. The Morgan fingerprint density at radius 1 is 1.45 bits per heavy atom. The first-order valence-corrected chi connectivity index (χ1v) is 7.46. The Balaban J connectivity index is 2.41. The predicted molar refractivity (Wildman–Crippen MR) is 79.7 cm³/mol. The number of carbonyl (C=O) groups excluding carboxylic acids is 2. The number of hydrogen-bond donors (Lipinski definition) is 3. The van der Waals surface area contributed by atoms with Crippen LogP contribution in [0.2, 0.25) is 0 Å². The first kappa shape index (κ1) is 16.7. The van der Waals surface area contributed by atoms with Crippen molar-refractivity contribution < 1.29 is 14.7 Å². The van der Waals surface area contributed by atoms with Crippen LogP contribution in [-0.4, -0.2) is 36.1 Å². The lowest BCUT2D eigenvalue weighted by molar-refractivity contribution is -0.123. The normalized spacial score (nSPS) is 12.8. The highest BCUT2D eigenvalue weighted by Gasteiger charge is 2.21. The molecule has 1 rings (SSSR count). The van der Waals surface area contributed by atoms with Gasteiger partial charge in [0.15, 0.2) is 0 Å². The van der Waals surface area contributed by atoms with Crippen LogP contribution in [-0.2, 0) is 4.79 Å². The summed E-state index contributed by atoms with van der Waals surface area (Å²) < 4.78 is 0. The molecule has 1 atom stereocenters. The van der Waals surface area contributed by atoms with E-state index in [1.807, 2.05) is 19.2 Å². The van der Waals surface area contributed by atoms with Gasteiger partial charge < -0.3 is 15.7 Å². The van der Waals surface area contributed by atoms with Crippen LogP contribution in [0.15, 0.2) is 17.5 Å². The highest BCUT2D eigenvalue weighted by Crippen LogP contribution is 2.17. The first-order valence-electron chi connectivity index (χ1n) is 6.59. The molecule has 0 radical (unpaired) electrons. The van der Waals surface area contributed by atoms with E-state index >= 15 is 0 Å². The van der Waals surface area contributed by atoms with Crippen LogP contribution >= 0.6 is 11.3 Å². The fourth-order valence-electron chi connectivity index (χ4n) is 1.61. The third kappa shape index (κ3) is 5.30. The topological polar surface area (TPSA) is 78.4 Å². The molecular weight excluding hydrogens is 276 g/mol. The van der Waals surface area contributed by atoms with Gasteiger partial charge in [0.25, 0.3) is 5.91 Å². The Hall–Kier alpha value is -1.40. The lowest BCUT2D eigenvalue weighted by Crippen LogP contribution is -2.47. The molecule has 0 saturated carbocycles. The summed E-state index contributed by atoms with van der Waals surface area (Å²) in [4.78, 5) is 24.3. The number of aliphatic hydroxyl groups excluding tert-OH is 1. The molecule has 1 aromatic heterocycles. The molecule has 0 aromatic carbocycles. The summed E-state index contributed by atoms with van der Waals surface area (Å²) in [6.45, 7) is 6.15. The number of rotatable bonds is 7. The van der Waals surface area contributed by atoms with Gasteiger partial charge in [-0.2, -0.15) is 0 Å². The second-order valence-electron chi connectivity index (χ2n) is 5.53. The van der Waals surface area contributed by atoms with Crippen LogP contribution in [0.3, 0.4) is 0 Å². The first-order chi connectivity index (χ1) is 9.35. The summed E-state index contributed by atoms with van der Waals surface area (Å²) in [5.41, 5.74) is -0.165. The highest BCUT2D eigenvalue weighted by molar-refractivity contribution is 7.12. The maximum absolute atomic E-state index is 11.9. The molecule has 0 fully saturated rings. The predicted octanol–water partition coefficient (Wildman–Crippen LogP) is 1.39. The molecule has 1 heterocycles. The molecule has 5 nitrogen and oxygen atoms in total. The van der Waals surface area contributed by atoms with Gasteiger partial charge in [-0.25, -0.2) is 0 Å². The third-order valence-corrected chi connectivity index (χ3v) is 3.88. The van der Waals surface area contributed by atoms with Gasteiger partial charge in [-0.1, -0.05) is 19.9 Å². The molecule has 0 aliphatic rings. The van der Waals surface area contributed by atoms with Crippen molar-refractivity contribution in [3.05, 3.63) is 22.4 Å². The third-order valence-electron chi connectivity index (χ3n) is 3.02. The van der Waals surface area contributed by atoms with Gasteiger partial charge in [-0.3, -0.25) is 9.59 Å². The number of thiophene rings is 1. The van der Waals surface area contributed by atoms with E-state index in [4.69, 9.17) is 5.11 Å². The number of carbonyl (C=O) groups is 2. The summed E-state index contributed by atoms with van der Waals surface area (Å²) in [5.74, 6) is -0.460. The molecule has 1 unspecified atom stereocenters. The summed E-state index contributed by atoms with van der Waals surface area (Å²) >= 11 is 1.34. The van der Waals surface area contributed by atoms with E-state index in [0.717, 1.165) is 0 Å². The SMILES string of the molecule is CC(NC(=O)c1cccs1)C(=O)NCC(C)(C)CCO. The number of amides is 2. The van der Waals surface area contributed by atoms with Gasteiger partial charge in [0, 0.05) is 13.2 Å². The van der Waals surface area contributed by atoms with E-state index in [2.05, 4.69) is 10.6 Å². The van der Waals surface area contributed by atoms with E-state index in [-0.39, 0.29) is 23.8 Å². The minimum Gasteiger partial charge on any atom is -0.396 e. The van der Waals surface area contributed by atoms with Crippen LogP contribution < -0.4 is 10.6 Å². The lowest BCUT2D eigenvalue weighted by atomic mass is 9.90. The van der Waals surface area contributed by atoms with Gasteiger partial charge in [0.1, 0.15) is 6.04 Å². The molecule has 0 saturated heterocycles. The van der Waals surface area contributed by atoms with E-state index in [0.29, 0.717) is 17.8 Å².